The number of thiophene rings is 1. The molecular weight excluding hydrogens is 293 g/mol. The van der Waals surface area contributed by atoms with Crippen molar-refractivity contribution in [3.63, 3.8) is 0 Å². The van der Waals surface area contributed by atoms with E-state index < -0.39 is 0 Å². The lowest BCUT2D eigenvalue weighted by Crippen LogP contribution is -2.13. The second-order valence-electron chi connectivity index (χ2n) is 3.42. The zero-order valence-electron chi connectivity index (χ0n) is 9.28. The van der Waals surface area contributed by atoms with Gasteiger partial charge in [0, 0.05) is 11.4 Å². The molecule has 0 aromatic carbocycles. The minimum atomic E-state index is 0.320. The van der Waals surface area contributed by atoms with Crippen LogP contribution in [0.5, 0.6) is 0 Å². The monoisotopic (exact) mass is 303 g/mol. The lowest BCUT2D eigenvalue weighted by atomic mass is 10.3. The van der Waals surface area contributed by atoms with Crippen LogP contribution < -0.4 is 16.6 Å². The lowest BCUT2D eigenvalue weighted by Gasteiger charge is -2.07. The van der Waals surface area contributed by atoms with Gasteiger partial charge in [-0.05, 0) is 18.6 Å². The molecule has 0 amide bonds. The number of hydrogen-bond acceptors (Lipinski definition) is 6. The Kier molecular flexibility index (Phi) is 4.60. The third-order valence-electron chi connectivity index (χ3n) is 2.17. The van der Waals surface area contributed by atoms with Crippen molar-refractivity contribution < 1.29 is 0 Å². The van der Waals surface area contributed by atoms with Gasteiger partial charge in [-0.25, -0.2) is 10.8 Å². The Morgan fingerprint density at radius 3 is 2.83 bits per heavy atom. The Morgan fingerprint density at radius 2 is 2.17 bits per heavy atom. The average Bonchev–Trinajstić information content (AvgIpc) is 2.77. The molecule has 0 radical (unpaired) electrons. The number of hydrogen-bond donors (Lipinski definition) is 3. The molecule has 2 aromatic rings. The standard InChI is InChI=1S/C10H11Cl2N5S/c11-7-5-15-10(17-13)16-9(7)14-4-3-6-1-2-8(12)18-6/h1-2,5H,3-4,13H2,(H2,14,15,16,17). The van der Waals surface area contributed by atoms with Crippen LogP contribution in [0, 0.1) is 0 Å². The van der Waals surface area contributed by atoms with Gasteiger partial charge in [0.2, 0.25) is 5.95 Å². The van der Waals surface area contributed by atoms with Crippen LogP contribution in [-0.2, 0) is 6.42 Å². The summed E-state index contributed by atoms with van der Waals surface area (Å²) in [5.41, 5.74) is 2.37. The molecule has 0 saturated carbocycles. The molecule has 0 aliphatic heterocycles. The number of anilines is 2. The van der Waals surface area contributed by atoms with Crippen LogP contribution in [0.1, 0.15) is 4.88 Å². The summed E-state index contributed by atoms with van der Waals surface area (Å²) in [4.78, 5) is 9.21. The molecule has 0 bridgehead atoms. The van der Waals surface area contributed by atoms with Gasteiger partial charge in [0.1, 0.15) is 5.02 Å². The summed E-state index contributed by atoms with van der Waals surface area (Å²) in [7, 11) is 0. The van der Waals surface area contributed by atoms with Crippen LogP contribution in [0.2, 0.25) is 9.36 Å². The average molecular weight is 304 g/mol. The van der Waals surface area contributed by atoms with Crippen LogP contribution in [0.3, 0.4) is 0 Å². The fraction of sp³-hybridized carbons (Fsp3) is 0.200. The number of rotatable bonds is 5. The molecule has 0 saturated heterocycles. The van der Waals surface area contributed by atoms with Gasteiger partial charge in [0.05, 0.1) is 10.5 Å². The summed E-state index contributed by atoms with van der Waals surface area (Å²) >= 11 is 13.4. The van der Waals surface area contributed by atoms with Crippen LogP contribution >= 0.6 is 34.5 Å². The highest BCUT2D eigenvalue weighted by molar-refractivity contribution is 7.16. The number of hydrazine groups is 1. The summed E-state index contributed by atoms with van der Waals surface area (Å²) in [6, 6.07) is 3.89. The Balaban J connectivity index is 1.93. The van der Waals surface area contributed by atoms with Gasteiger partial charge in [-0.15, -0.1) is 11.3 Å². The van der Waals surface area contributed by atoms with Crippen LogP contribution in [0.4, 0.5) is 11.8 Å². The summed E-state index contributed by atoms with van der Waals surface area (Å²) in [5, 5.41) is 3.59. The quantitative estimate of drug-likeness (QED) is 0.585. The predicted molar refractivity (Wildman–Crippen MR) is 76.4 cm³/mol. The van der Waals surface area contributed by atoms with Crippen LogP contribution in [-0.4, -0.2) is 16.5 Å². The molecule has 0 unspecified atom stereocenters. The number of nitrogens with zero attached hydrogens (tertiary/aromatic N) is 2. The molecule has 2 heterocycles. The number of nitrogens with one attached hydrogen (secondary N) is 2. The first kappa shape index (κ1) is 13.4. The molecule has 18 heavy (non-hydrogen) atoms. The van der Waals surface area contributed by atoms with E-state index in [0.717, 1.165) is 10.8 Å². The van der Waals surface area contributed by atoms with Gasteiger partial charge in [-0.3, -0.25) is 5.43 Å². The summed E-state index contributed by atoms with van der Waals surface area (Å²) < 4.78 is 0.791. The van der Waals surface area contributed by atoms with Crippen molar-refractivity contribution in [3.05, 3.63) is 32.6 Å². The molecule has 4 N–H and O–H groups in total. The fourth-order valence-corrected chi connectivity index (χ4v) is 2.60. The molecular formula is C10H11Cl2N5S. The van der Waals surface area contributed by atoms with E-state index in [-0.39, 0.29) is 0 Å². The molecule has 0 atom stereocenters. The van der Waals surface area contributed by atoms with E-state index in [1.165, 1.54) is 11.1 Å². The molecule has 0 aliphatic carbocycles. The topological polar surface area (TPSA) is 75.9 Å². The van der Waals surface area contributed by atoms with Crippen molar-refractivity contribution in [1.82, 2.24) is 9.97 Å². The predicted octanol–water partition coefficient (Wildman–Crippen LogP) is 2.79. The SMILES string of the molecule is NNc1ncc(Cl)c(NCCc2ccc(Cl)s2)n1. The Labute approximate surface area is 118 Å². The minimum absolute atomic E-state index is 0.320. The molecule has 0 fully saturated rings. The highest BCUT2D eigenvalue weighted by Gasteiger charge is 2.04. The minimum Gasteiger partial charge on any atom is -0.368 e. The van der Waals surface area contributed by atoms with Gasteiger partial charge in [0.15, 0.2) is 5.82 Å². The van der Waals surface area contributed by atoms with E-state index in [9.17, 15) is 0 Å². The molecule has 2 rings (SSSR count). The molecule has 0 aliphatic rings. The van der Waals surface area contributed by atoms with Crippen molar-refractivity contribution in [1.29, 1.82) is 0 Å². The lowest BCUT2D eigenvalue weighted by molar-refractivity contribution is 1.01. The Morgan fingerprint density at radius 1 is 1.33 bits per heavy atom. The maximum Gasteiger partial charge on any atom is 0.239 e. The second kappa shape index (κ2) is 6.19. The van der Waals surface area contributed by atoms with Gasteiger partial charge in [-0.1, -0.05) is 23.2 Å². The zero-order valence-corrected chi connectivity index (χ0v) is 11.6. The summed E-state index contributed by atoms with van der Waals surface area (Å²) in [5.74, 6) is 6.11. The van der Waals surface area contributed by atoms with Crippen molar-refractivity contribution >= 4 is 46.3 Å². The fourth-order valence-electron chi connectivity index (χ4n) is 1.35. The highest BCUT2D eigenvalue weighted by atomic mass is 35.5. The highest BCUT2D eigenvalue weighted by Crippen LogP contribution is 2.22. The van der Waals surface area contributed by atoms with E-state index in [0.29, 0.717) is 23.3 Å². The number of nitrogens with two attached hydrogens (primary N) is 1. The van der Waals surface area contributed by atoms with E-state index in [4.69, 9.17) is 29.0 Å². The normalized spacial score (nSPS) is 10.4. The van der Waals surface area contributed by atoms with Crippen molar-refractivity contribution in [2.45, 2.75) is 6.42 Å². The Bertz CT molecular complexity index is 531. The van der Waals surface area contributed by atoms with E-state index >= 15 is 0 Å². The molecule has 0 spiro atoms. The summed E-state index contributed by atoms with van der Waals surface area (Å²) in [6.45, 7) is 0.706. The molecule has 5 nitrogen and oxygen atoms in total. The molecule has 96 valence electrons. The van der Waals surface area contributed by atoms with Crippen molar-refractivity contribution in [2.24, 2.45) is 5.84 Å². The summed E-state index contributed by atoms with van der Waals surface area (Å²) in [6.07, 6.45) is 2.34. The number of halogens is 2. The van der Waals surface area contributed by atoms with Crippen LogP contribution in [0.25, 0.3) is 0 Å². The Hall–Kier alpha value is -1.08. The van der Waals surface area contributed by atoms with E-state index in [1.54, 1.807) is 11.3 Å². The largest absolute Gasteiger partial charge is 0.368 e. The number of aromatic nitrogens is 2. The first-order chi connectivity index (χ1) is 8.69. The first-order valence-corrected chi connectivity index (χ1v) is 6.73. The van der Waals surface area contributed by atoms with E-state index in [1.807, 2.05) is 12.1 Å². The van der Waals surface area contributed by atoms with Crippen LogP contribution in [0.15, 0.2) is 18.3 Å². The smallest absolute Gasteiger partial charge is 0.239 e. The number of nitrogen functional groups attached to an aromatic ring is 1. The van der Waals surface area contributed by atoms with Gasteiger partial charge < -0.3 is 5.32 Å². The third kappa shape index (κ3) is 3.46. The first-order valence-electron chi connectivity index (χ1n) is 5.16. The molecule has 2 aromatic heterocycles. The zero-order chi connectivity index (χ0) is 13.0. The van der Waals surface area contributed by atoms with Crippen molar-refractivity contribution in [3.8, 4) is 0 Å². The second-order valence-corrected chi connectivity index (χ2v) is 5.62. The maximum absolute atomic E-state index is 5.96. The third-order valence-corrected chi connectivity index (χ3v) is 3.73. The van der Waals surface area contributed by atoms with Gasteiger partial charge in [0.25, 0.3) is 0 Å². The molecule has 8 heteroatoms. The van der Waals surface area contributed by atoms with Gasteiger partial charge in [-0.2, -0.15) is 4.98 Å². The maximum atomic E-state index is 5.96. The van der Waals surface area contributed by atoms with E-state index in [2.05, 4.69) is 20.7 Å². The van der Waals surface area contributed by atoms with Gasteiger partial charge >= 0.3 is 0 Å². The van der Waals surface area contributed by atoms with Crippen molar-refractivity contribution in [2.75, 3.05) is 17.3 Å².